The van der Waals surface area contributed by atoms with Crippen LogP contribution < -0.4 is 16.4 Å². The van der Waals surface area contributed by atoms with E-state index in [2.05, 4.69) is 19.9 Å². The number of hydrogen-bond acceptors (Lipinski definition) is 5. The standard InChI is InChI=1S/C7H10N6O/c1-2-13(8)7-11-4-5(12-7)9-3-10-6(4)14/h3H,2,8H2,1H3,(H2,9,10,11,12,14). The van der Waals surface area contributed by atoms with Crippen LogP contribution in [0.2, 0.25) is 0 Å². The number of nitrogens with two attached hydrogens (primary N) is 1. The van der Waals surface area contributed by atoms with Crippen LogP contribution in [0.4, 0.5) is 5.95 Å². The van der Waals surface area contributed by atoms with Gasteiger partial charge in [-0.05, 0) is 6.92 Å². The first kappa shape index (κ1) is 8.70. The zero-order chi connectivity index (χ0) is 10.1. The molecule has 0 aliphatic rings. The predicted molar refractivity (Wildman–Crippen MR) is 51.7 cm³/mol. The molecule has 2 aromatic rings. The van der Waals surface area contributed by atoms with Crippen molar-refractivity contribution >= 4 is 17.1 Å². The lowest BCUT2D eigenvalue weighted by Crippen LogP contribution is -2.31. The number of H-pyrrole nitrogens is 2. The molecule has 0 saturated carbocycles. The molecule has 0 bridgehead atoms. The van der Waals surface area contributed by atoms with Gasteiger partial charge in [0.05, 0.1) is 6.33 Å². The fourth-order valence-electron chi connectivity index (χ4n) is 1.11. The topological polar surface area (TPSA) is 104 Å². The van der Waals surface area contributed by atoms with E-state index in [9.17, 15) is 4.79 Å². The molecule has 0 amide bonds. The number of aromatic amines is 2. The maximum absolute atomic E-state index is 11.3. The van der Waals surface area contributed by atoms with Crippen molar-refractivity contribution in [3.8, 4) is 0 Å². The van der Waals surface area contributed by atoms with E-state index in [1.807, 2.05) is 6.92 Å². The van der Waals surface area contributed by atoms with Crippen molar-refractivity contribution in [3.63, 3.8) is 0 Å². The van der Waals surface area contributed by atoms with E-state index in [1.54, 1.807) is 0 Å². The fraction of sp³-hybridized carbons (Fsp3) is 0.286. The molecular weight excluding hydrogens is 184 g/mol. The van der Waals surface area contributed by atoms with Crippen molar-refractivity contribution in [2.24, 2.45) is 5.84 Å². The van der Waals surface area contributed by atoms with Crippen LogP contribution in [0, 0.1) is 0 Å². The van der Waals surface area contributed by atoms with Crippen molar-refractivity contribution in [2.75, 3.05) is 11.6 Å². The minimum Gasteiger partial charge on any atom is -0.317 e. The van der Waals surface area contributed by atoms with Gasteiger partial charge in [0.15, 0.2) is 11.2 Å². The molecule has 2 heterocycles. The van der Waals surface area contributed by atoms with Gasteiger partial charge < -0.3 is 9.97 Å². The number of rotatable bonds is 2. The van der Waals surface area contributed by atoms with Gasteiger partial charge in [0.25, 0.3) is 5.56 Å². The lowest BCUT2D eigenvalue weighted by atomic mass is 10.6. The Morgan fingerprint density at radius 1 is 1.64 bits per heavy atom. The first-order valence-electron chi connectivity index (χ1n) is 4.18. The van der Waals surface area contributed by atoms with E-state index >= 15 is 0 Å². The summed E-state index contributed by atoms with van der Waals surface area (Å²) in [5.74, 6) is 6.04. The van der Waals surface area contributed by atoms with Crippen molar-refractivity contribution in [2.45, 2.75) is 6.92 Å². The van der Waals surface area contributed by atoms with Gasteiger partial charge in [-0.3, -0.25) is 9.80 Å². The molecule has 2 rings (SSSR count). The minimum atomic E-state index is -0.252. The van der Waals surface area contributed by atoms with Crippen molar-refractivity contribution in [1.29, 1.82) is 0 Å². The molecular formula is C7H10N6O. The fourth-order valence-corrected chi connectivity index (χ4v) is 1.11. The van der Waals surface area contributed by atoms with Gasteiger partial charge in [-0.1, -0.05) is 0 Å². The smallest absolute Gasteiger partial charge is 0.276 e. The Labute approximate surface area is 78.9 Å². The van der Waals surface area contributed by atoms with Crippen LogP contribution in [-0.4, -0.2) is 26.5 Å². The number of aromatic nitrogens is 4. The monoisotopic (exact) mass is 194 g/mol. The highest BCUT2D eigenvalue weighted by atomic mass is 16.1. The average molecular weight is 194 g/mol. The maximum Gasteiger partial charge on any atom is 0.276 e. The Hall–Kier alpha value is -1.89. The quantitative estimate of drug-likeness (QED) is 0.435. The molecule has 0 unspecified atom stereocenters. The van der Waals surface area contributed by atoms with Gasteiger partial charge in [0.1, 0.15) is 0 Å². The van der Waals surface area contributed by atoms with Crippen LogP contribution in [-0.2, 0) is 0 Å². The Balaban J connectivity index is 2.62. The van der Waals surface area contributed by atoms with Gasteiger partial charge in [-0.25, -0.2) is 10.8 Å². The molecule has 0 fully saturated rings. The highest BCUT2D eigenvalue weighted by molar-refractivity contribution is 5.71. The number of hydrazine groups is 1. The molecule has 7 heteroatoms. The molecule has 2 aromatic heterocycles. The Kier molecular flexibility index (Phi) is 1.93. The third-order valence-electron chi connectivity index (χ3n) is 1.89. The predicted octanol–water partition coefficient (Wildman–Crippen LogP) is -0.654. The summed E-state index contributed by atoms with van der Waals surface area (Å²) in [4.78, 5) is 24.5. The zero-order valence-corrected chi connectivity index (χ0v) is 7.61. The van der Waals surface area contributed by atoms with Crippen LogP contribution in [0.5, 0.6) is 0 Å². The molecule has 0 atom stereocenters. The second-order valence-corrected chi connectivity index (χ2v) is 2.78. The molecule has 4 N–H and O–H groups in total. The number of hydrogen-bond donors (Lipinski definition) is 3. The largest absolute Gasteiger partial charge is 0.317 e. The normalized spacial score (nSPS) is 10.7. The molecule has 0 aliphatic heterocycles. The highest BCUT2D eigenvalue weighted by Crippen LogP contribution is 2.08. The van der Waals surface area contributed by atoms with E-state index in [-0.39, 0.29) is 5.56 Å². The molecule has 0 saturated heterocycles. The van der Waals surface area contributed by atoms with E-state index in [0.717, 1.165) is 0 Å². The van der Waals surface area contributed by atoms with Gasteiger partial charge >= 0.3 is 0 Å². The number of fused-ring (bicyclic) bond motifs is 1. The van der Waals surface area contributed by atoms with Crippen LogP contribution in [0.15, 0.2) is 11.1 Å². The summed E-state index contributed by atoms with van der Waals surface area (Å²) < 4.78 is 0. The van der Waals surface area contributed by atoms with Crippen LogP contribution in [0.1, 0.15) is 6.92 Å². The SMILES string of the molecule is CCN(N)c1nc2nc[nH]c(=O)c2[nH]1. The third kappa shape index (κ3) is 1.23. The van der Waals surface area contributed by atoms with Crippen LogP contribution in [0.3, 0.4) is 0 Å². The second-order valence-electron chi connectivity index (χ2n) is 2.78. The number of imidazole rings is 1. The molecule has 7 nitrogen and oxygen atoms in total. The molecule has 0 spiro atoms. The zero-order valence-electron chi connectivity index (χ0n) is 7.61. The van der Waals surface area contributed by atoms with Crippen LogP contribution in [0.25, 0.3) is 11.2 Å². The summed E-state index contributed by atoms with van der Waals surface area (Å²) in [6.07, 6.45) is 1.31. The number of nitrogens with one attached hydrogen (secondary N) is 2. The summed E-state index contributed by atoms with van der Waals surface area (Å²) in [5.41, 5.74) is 0.456. The number of nitrogens with zero attached hydrogens (tertiary/aromatic N) is 3. The minimum absolute atomic E-state index is 0.252. The summed E-state index contributed by atoms with van der Waals surface area (Å²) in [6.45, 7) is 2.47. The Morgan fingerprint density at radius 2 is 2.43 bits per heavy atom. The van der Waals surface area contributed by atoms with Gasteiger partial charge in [-0.2, -0.15) is 4.98 Å². The van der Waals surface area contributed by atoms with Gasteiger partial charge in [0, 0.05) is 6.54 Å². The van der Waals surface area contributed by atoms with Gasteiger partial charge in [0.2, 0.25) is 5.95 Å². The molecule has 14 heavy (non-hydrogen) atoms. The second kappa shape index (κ2) is 3.11. The van der Waals surface area contributed by atoms with Crippen molar-refractivity contribution < 1.29 is 0 Å². The summed E-state index contributed by atoms with van der Waals surface area (Å²) in [7, 11) is 0. The first-order valence-corrected chi connectivity index (χ1v) is 4.18. The first-order chi connectivity index (χ1) is 6.72. The Morgan fingerprint density at radius 3 is 3.07 bits per heavy atom. The summed E-state index contributed by atoms with van der Waals surface area (Å²) in [6, 6.07) is 0. The molecule has 74 valence electrons. The average Bonchev–Trinajstić information content (AvgIpc) is 2.62. The summed E-state index contributed by atoms with van der Waals surface area (Å²) in [5, 5.41) is 1.40. The number of anilines is 1. The van der Waals surface area contributed by atoms with E-state index in [0.29, 0.717) is 23.7 Å². The van der Waals surface area contributed by atoms with E-state index in [4.69, 9.17) is 5.84 Å². The summed E-state index contributed by atoms with van der Waals surface area (Å²) >= 11 is 0. The molecule has 0 radical (unpaired) electrons. The van der Waals surface area contributed by atoms with Crippen LogP contribution >= 0.6 is 0 Å². The lowest BCUT2D eigenvalue weighted by molar-refractivity contribution is 0.855. The Bertz CT molecular complexity index is 500. The lowest BCUT2D eigenvalue weighted by Gasteiger charge is -2.10. The van der Waals surface area contributed by atoms with E-state index in [1.165, 1.54) is 11.3 Å². The van der Waals surface area contributed by atoms with Crippen molar-refractivity contribution in [3.05, 3.63) is 16.7 Å². The molecule has 0 aliphatic carbocycles. The van der Waals surface area contributed by atoms with Gasteiger partial charge in [-0.15, -0.1) is 0 Å². The third-order valence-corrected chi connectivity index (χ3v) is 1.89. The van der Waals surface area contributed by atoms with Crippen molar-refractivity contribution in [1.82, 2.24) is 19.9 Å². The molecule has 0 aromatic carbocycles. The maximum atomic E-state index is 11.3. The highest BCUT2D eigenvalue weighted by Gasteiger charge is 2.08. The van der Waals surface area contributed by atoms with E-state index < -0.39 is 0 Å².